The van der Waals surface area contributed by atoms with Crippen LogP contribution in [0.15, 0.2) is 24.3 Å². The predicted molar refractivity (Wildman–Crippen MR) is 64.3 cm³/mol. The Kier molecular flexibility index (Phi) is 2.77. The van der Waals surface area contributed by atoms with Gasteiger partial charge in [0.25, 0.3) is 0 Å². The first kappa shape index (κ1) is 10.6. The van der Waals surface area contributed by atoms with Crippen LogP contribution in [0.3, 0.4) is 0 Å². The quantitative estimate of drug-likeness (QED) is 0.585. The highest BCUT2D eigenvalue weighted by molar-refractivity contribution is 14.1. The van der Waals surface area contributed by atoms with Crippen LogP contribution >= 0.6 is 22.6 Å². The number of carbonyl (C=O) groups is 2. The SMILES string of the molecule is CN1C(=O)CC(c2ccc(I)cc2)C1=O. The molecule has 1 unspecified atom stereocenters. The smallest absolute Gasteiger partial charge is 0.236 e. The van der Waals surface area contributed by atoms with E-state index in [1.807, 2.05) is 24.3 Å². The van der Waals surface area contributed by atoms with Crippen molar-refractivity contribution in [3.63, 3.8) is 0 Å². The van der Waals surface area contributed by atoms with Crippen molar-refractivity contribution in [2.75, 3.05) is 7.05 Å². The van der Waals surface area contributed by atoms with Crippen LogP contribution < -0.4 is 0 Å². The summed E-state index contributed by atoms with van der Waals surface area (Å²) in [4.78, 5) is 24.3. The van der Waals surface area contributed by atoms with Gasteiger partial charge in [0.1, 0.15) is 0 Å². The van der Waals surface area contributed by atoms with Crippen LogP contribution in [0.1, 0.15) is 17.9 Å². The molecule has 15 heavy (non-hydrogen) atoms. The van der Waals surface area contributed by atoms with Crippen molar-refractivity contribution in [3.05, 3.63) is 33.4 Å². The van der Waals surface area contributed by atoms with Crippen LogP contribution in [-0.2, 0) is 9.59 Å². The Morgan fingerprint density at radius 2 is 1.87 bits per heavy atom. The molecule has 0 aromatic heterocycles. The Balaban J connectivity index is 2.29. The number of hydrogen-bond acceptors (Lipinski definition) is 2. The van der Waals surface area contributed by atoms with Crippen LogP contribution in [0, 0.1) is 3.57 Å². The normalized spacial score (nSPS) is 21.2. The highest BCUT2D eigenvalue weighted by Gasteiger charge is 2.36. The van der Waals surface area contributed by atoms with Gasteiger partial charge < -0.3 is 0 Å². The maximum Gasteiger partial charge on any atom is 0.236 e. The first-order valence-corrected chi connectivity index (χ1v) is 5.73. The van der Waals surface area contributed by atoms with Crippen molar-refractivity contribution in [1.29, 1.82) is 0 Å². The van der Waals surface area contributed by atoms with Gasteiger partial charge in [0, 0.05) is 17.0 Å². The van der Waals surface area contributed by atoms with E-state index in [4.69, 9.17) is 0 Å². The van der Waals surface area contributed by atoms with E-state index in [0.717, 1.165) is 9.13 Å². The predicted octanol–water partition coefficient (Wildman–Crippen LogP) is 1.76. The first-order valence-electron chi connectivity index (χ1n) is 4.65. The molecular formula is C11H10INO2. The van der Waals surface area contributed by atoms with Gasteiger partial charge in [0.15, 0.2) is 0 Å². The number of amides is 2. The zero-order chi connectivity index (χ0) is 11.0. The molecule has 0 saturated carbocycles. The molecule has 1 saturated heterocycles. The molecule has 1 aliphatic rings. The Morgan fingerprint density at radius 1 is 1.27 bits per heavy atom. The number of benzene rings is 1. The van der Waals surface area contributed by atoms with E-state index in [0.29, 0.717) is 6.42 Å². The van der Waals surface area contributed by atoms with Crippen molar-refractivity contribution < 1.29 is 9.59 Å². The number of carbonyl (C=O) groups excluding carboxylic acids is 2. The lowest BCUT2D eigenvalue weighted by atomic mass is 9.98. The molecular weight excluding hydrogens is 305 g/mol. The molecule has 1 fully saturated rings. The van der Waals surface area contributed by atoms with Gasteiger partial charge in [-0.3, -0.25) is 14.5 Å². The Labute approximate surface area is 102 Å². The first-order chi connectivity index (χ1) is 7.09. The largest absolute Gasteiger partial charge is 0.285 e. The fourth-order valence-corrected chi connectivity index (χ4v) is 2.07. The minimum Gasteiger partial charge on any atom is -0.285 e. The van der Waals surface area contributed by atoms with Crippen LogP contribution in [0.25, 0.3) is 0 Å². The average molecular weight is 315 g/mol. The topological polar surface area (TPSA) is 37.4 Å². The van der Waals surface area contributed by atoms with Gasteiger partial charge >= 0.3 is 0 Å². The van der Waals surface area contributed by atoms with Crippen molar-refractivity contribution in [2.45, 2.75) is 12.3 Å². The summed E-state index contributed by atoms with van der Waals surface area (Å²) in [6.07, 6.45) is 0.302. The molecule has 3 nitrogen and oxygen atoms in total. The summed E-state index contributed by atoms with van der Waals surface area (Å²) in [6.45, 7) is 0. The molecule has 0 bridgehead atoms. The molecule has 78 valence electrons. The highest BCUT2D eigenvalue weighted by Crippen LogP contribution is 2.28. The Morgan fingerprint density at radius 3 is 2.33 bits per heavy atom. The molecule has 4 heteroatoms. The molecule has 0 spiro atoms. The molecule has 1 aromatic rings. The van der Waals surface area contributed by atoms with E-state index in [1.54, 1.807) is 0 Å². The fourth-order valence-electron chi connectivity index (χ4n) is 1.71. The summed E-state index contributed by atoms with van der Waals surface area (Å²) in [5.74, 6) is -0.468. The number of likely N-dealkylation sites (tertiary alicyclic amines) is 1. The number of likely N-dealkylation sites (N-methyl/N-ethyl adjacent to an activating group) is 1. The van der Waals surface area contributed by atoms with Crippen LogP contribution in [0.4, 0.5) is 0 Å². The summed E-state index contributed by atoms with van der Waals surface area (Å²) in [6, 6.07) is 7.73. The van der Waals surface area contributed by atoms with Gasteiger partial charge in [-0.25, -0.2) is 0 Å². The molecule has 1 atom stereocenters. The van der Waals surface area contributed by atoms with E-state index in [2.05, 4.69) is 22.6 Å². The Bertz CT molecular complexity index is 413. The molecule has 2 rings (SSSR count). The molecule has 2 amide bonds. The van der Waals surface area contributed by atoms with E-state index < -0.39 is 0 Å². The molecule has 1 aliphatic heterocycles. The summed E-state index contributed by atoms with van der Waals surface area (Å²) in [5, 5.41) is 0. The second-order valence-corrected chi connectivity index (χ2v) is 4.84. The number of halogens is 1. The third kappa shape index (κ3) is 1.90. The van der Waals surface area contributed by atoms with Gasteiger partial charge in [-0.2, -0.15) is 0 Å². The maximum atomic E-state index is 11.7. The number of nitrogens with zero attached hydrogens (tertiary/aromatic N) is 1. The summed E-state index contributed by atoms with van der Waals surface area (Å²) in [7, 11) is 1.54. The van der Waals surface area contributed by atoms with Gasteiger partial charge in [-0.05, 0) is 40.3 Å². The summed E-state index contributed by atoms with van der Waals surface area (Å²) >= 11 is 2.21. The molecule has 0 N–H and O–H groups in total. The van der Waals surface area contributed by atoms with Crippen LogP contribution in [0.5, 0.6) is 0 Å². The Hall–Kier alpha value is -0.910. The van der Waals surface area contributed by atoms with Gasteiger partial charge in [-0.15, -0.1) is 0 Å². The van der Waals surface area contributed by atoms with Crippen LogP contribution in [0.2, 0.25) is 0 Å². The minimum absolute atomic E-state index is 0.0939. The summed E-state index contributed by atoms with van der Waals surface area (Å²) in [5.41, 5.74) is 0.929. The van der Waals surface area contributed by atoms with E-state index in [9.17, 15) is 9.59 Å². The average Bonchev–Trinajstić information content (AvgIpc) is 2.47. The molecule has 1 aromatic carbocycles. The monoisotopic (exact) mass is 315 g/mol. The number of imide groups is 1. The zero-order valence-corrected chi connectivity index (χ0v) is 10.4. The van der Waals surface area contributed by atoms with E-state index in [-0.39, 0.29) is 17.7 Å². The lowest BCUT2D eigenvalue weighted by Gasteiger charge is -2.08. The summed E-state index contributed by atoms with van der Waals surface area (Å²) < 4.78 is 1.13. The lowest BCUT2D eigenvalue weighted by molar-refractivity contribution is -0.137. The van der Waals surface area contributed by atoms with Crippen molar-refractivity contribution in [1.82, 2.24) is 4.90 Å². The molecule has 0 aliphatic carbocycles. The third-order valence-electron chi connectivity index (χ3n) is 2.65. The minimum atomic E-state index is -0.278. The van der Waals surface area contributed by atoms with E-state index in [1.165, 1.54) is 11.9 Å². The third-order valence-corrected chi connectivity index (χ3v) is 3.37. The molecule has 1 heterocycles. The second-order valence-electron chi connectivity index (χ2n) is 3.60. The standard InChI is InChI=1S/C11H10INO2/c1-13-10(14)6-9(11(13)15)7-2-4-8(12)5-3-7/h2-5,9H,6H2,1H3. The zero-order valence-electron chi connectivity index (χ0n) is 8.24. The number of rotatable bonds is 1. The number of hydrogen-bond donors (Lipinski definition) is 0. The molecule has 0 radical (unpaired) electrons. The van der Waals surface area contributed by atoms with E-state index >= 15 is 0 Å². The second kappa shape index (κ2) is 3.92. The lowest BCUT2D eigenvalue weighted by Crippen LogP contribution is -2.25. The van der Waals surface area contributed by atoms with Gasteiger partial charge in [0.2, 0.25) is 11.8 Å². The van der Waals surface area contributed by atoms with Crippen molar-refractivity contribution in [2.24, 2.45) is 0 Å². The van der Waals surface area contributed by atoms with Gasteiger partial charge in [-0.1, -0.05) is 12.1 Å². The van der Waals surface area contributed by atoms with Gasteiger partial charge in [0.05, 0.1) is 5.92 Å². The highest BCUT2D eigenvalue weighted by atomic mass is 127. The van der Waals surface area contributed by atoms with Crippen molar-refractivity contribution in [3.8, 4) is 0 Å². The maximum absolute atomic E-state index is 11.7. The van der Waals surface area contributed by atoms with Crippen molar-refractivity contribution >= 4 is 34.4 Å². The fraction of sp³-hybridized carbons (Fsp3) is 0.273. The van der Waals surface area contributed by atoms with Crippen LogP contribution in [-0.4, -0.2) is 23.8 Å².